The summed E-state index contributed by atoms with van der Waals surface area (Å²) in [5.41, 5.74) is 0.493. The summed E-state index contributed by atoms with van der Waals surface area (Å²) >= 11 is 0. The monoisotopic (exact) mass is 195 g/mol. The molecule has 0 spiro atoms. The number of carbonyl (C=O) groups excluding carboxylic acids is 1. The van der Waals surface area contributed by atoms with E-state index < -0.39 is 12.2 Å². The molecule has 0 bridgehead atoms. The smallest absolute Gasteiger partial charge is 0.304 e. The Hall–Kier alpha value is -1.58. The van der Waals surface area contributed by atoms with Crippen molar-refractivity contribution in [2.75, 3.05) is 0 Å². The summed E-state index contributed by atoms with van der Waals surface area (Å²) in [6.07, 6.45) is 1.04. The highest BCUT2D eigenvalue weighted by Gasteiger charge is 2.09. The van der Waals surface area contributed by atoms with Crippen molar-refractivity contribution in [2.45, 2.75) is 27.0 Å². The van der Waals surface area contributed by atoms with Crippen LogP contribution in [0.1, 0.15) is 25.6 Å². The number of ether oxygens (including phenoxy) is 1. The van der Waals surface area contributed by atoms with Gasteiger partial charge in [-0.1, -0.05) is 6.07 Å². The molecule has 1 rings (SSSR count). The number of pyridine rings is 1. The van der Waals surface area contributed by atoms with E-state index in [1.165, 1.54) is 11.5 Å². The molecule has 0 saturated heterocycles. The van der Waals surface area contributed by atoms with Crippen LogP contribution in [0.4, 0.5) is 0 Å². The summed E-state index contributed by atoms with van der Waals surface area (Å²) in [5.74, 6) is -0.397. The maximum absolute atomic E-state index is 11.6. The average Bonchev–Trinajstić information content (AvgIpc) is 2.08. The van der Waals surface area contributed by atoms with E-state index in [0.29, 0.717) is 5.56 Å². The molecule has 0 aromatic carbocycles. The summed E-state index contributed by atoms with van der Waals surface area (Å²) < 4.78 is 6.28. The normalized spacial score (nSPS) is 12.2. The Morgan fingerprint density at radius 1 is 1.57 bits per heavy atom. The average molecular weight is 195 g/mol. The fourth-order valence-electron chi connectivity index (χ4n) is 1.21. The first kappa shape index (κ1) is 10.5. The summed E-state index contributed by atoms with van der Waals surface area (Å²) in [4.78, 5) is 22.2. The van der Waals surface area contributed by atoms with Crippen molar-refractivity contribution < 1.29 is 9.53 Å². The minimum Gasteiger partial charge on any atom is -0.442 e. The Morgan fingerprint density at radius 2 is 2.21 bits per heavy atom. The summed E-state index contributed by atoms with van der Waals surface area (Å²) in [6, 6.07) is 3.47. The zero-order valence-electron chi connectivity index (χ0n) is 8.48. The Balaban J connectivity index is 3.01. The van der Waals surface area contributed by atoms with Crippen LogP contribution < -0.4 is 5.56 Å². The highest BCUT2D eigenvalue weighted by molar-refractivity contribution is 5.65. The van der Waals surface area contributed by atoms with Gasteiger partial charge in [-0.2, -0.15) is 0 Å². The number of carbonyl (C=O) groups is 1. The predicted octanol–water partition coefficient (Wildman–Crippen LogP) is 1.24. The van der Waals surface area contributed by atoms with E-state index in [-0.39, 0.29) is 5.56 Å². The number of hydrogen-bond acceptors (Lipinski definition) is 3. The topological polar surface area (TPSA) is 48.3 Å². The lowest BCUT2D eigenvalue weighted by atomic mass is 10.3. The predicted molar refractivity (Wildman–Crippen MR) is 51.9 cm³/mol. The SMILES string of the molecule is CC(=O)OC(C)n1cccc(C)c1=O. The van der Waals surface area contributed by atoms with E-state index in [2.05, 4.69) is 0 Å². The lowest BCUT2D eigenvalue weighted by molar-refractivity contribution is -0.149. The van der Waals surface area contributed by atoms with E-state index in [0.717, 1.165) is 0 Å². The molecule has 14 heavy (non-hydrogen) atoms. The van der Waals surface area contributed by atoms with E-state index in [4.69, 9.17) is 4.74 Å². The summed E-state index contributed by atoms with van der Waals surface area (Å²) in [7, 11) is 0. The Labute approximate surface area is 82.1 Å². The van der Waals surface area contributed by atoms with E-state index in [9.17, 15) is 9.59 Å². The third-order valence-corrected chi connectivity index (χ3v) is 1.89. The van der Waals surface area contributed by atoms with E-state index in [1.807, 2.05) is 0 Å². The van der Waals surface area contributed by atoms with Gasteiger partial charge in [-0.15, -0.1) is 0 Å². The van der Waals surface area contributed by atoms with E-state index in [1.54, 1.807) is 32.2 Å². The molecule has 0 amide bonds. The van der Waals surface area contributed by atoms with Crippen LogP contribution >= 0.6 is 0 Å². The molecule has 0 aliphatic heterocycles. The molecule has 4 nitrogen and oxygen atoms in total. The molecule has 0 saturated carbocycles. The molecular weight excluding hydrogens is 182 g/mol. The van der Waals surface area contributed by atoms with Gasteiger partial charge in [0.1, 0.15) is 0 Å². The van der Waals surface area contributed by atoms with Gasteiger partial charge in [0.05, 0.1) is 0 Å². The quantitative estimate of drug-likeness (QED) is 0.667. The minimum absolute atomic E-state index is 0.138. The Morgan fingerprint density at radius 3 is 2.79 bits per heavy atom. The second kappa shape index (κ2) is 4.09. The van der Waals surface area contributed by atoms with Crippen LogP contribution in [-0.4, -0.2) is 10.5 Å². The van der Waals surface area contributed by atoms with Gasteiger partial charge in [0.15, 0.2) is 6.23 Å². The third kappa shape index (κ3) is 2.22. The van der Waals surface area contributed by atoms with Gasteiger partial charge in [0.2, 0.25) is 0 Å². The number of aromatic nitrogens is 1. The second-order valence-electron chi connectivity index (χ2n) is 3.11. The molecular formula is C10H13NO3. The summed E-state index contributed by atoms with van der Waals surface area (Å²) in [6.45, 7) is 4.69. The van der Waals surface area contributed by atoms with Crippen molar-refractivity contribution in [1.29, 1.82) is 0 Å². The van der Waals surface area contributed by atoms with Crippen LogP contribution in [0.2, 0.25) is 0 Å². The van der Waals surface area contributed by atoms with E-state index >= 15 is 0 Å². The molecule has 1 unspecified atom stereocenters. The van der Waals surface area contributed by atoms with Crippen LogP contribution in [0.5, 0.6) is 0 Å². The highest BCUT2D eigenvalue weighted by Crippen LogP contribution is 2.04. The Kier molecular flexibility index (Phi) is 3.06. The molecule has 0 radical (unpaired) electrons. The molecule has 4 heteroatoms. The third-order valence-electron chi connectivity index (χ3n) is 1.89. The molecule has 0 aliphatic rings. The molecule has 0 fully saturated rings. The first-order chi connectivity index (χ1) is 6.52. The minimum atomic E-state index is -0.556. The first-order valence-corrected chi connectivity index (χ1v) is 4.37. The fourth-order valence-corrected chi connectivity index (χ4v) is 1.21. The lowest BCUT2D eigenvalue weighted by Crippen LogP contribution is -2.26. The van der Waals surface area contributed by atoms with Crippen molar-refractivity contribution in [3.63, 3.8) is 0 Å². The lowest BCUT2D eigenvalue weighted by Gasteiger charge is -2.14. The van der Waals surface area contributed by atoms with Gasteiger partial charge in [0.25, 0.3) is 5.56 Å². The fraction of sp³-hybridized carbons (Fsp3) is 0.400. The second-order valence-corrected chi connectivity index (χ2v) is 3.11. The van der Waals surface area contributed by atoms with Gasteiger partial charge in [0, 0.05) is 18.7 Å². The highest BCUT2D eigenvalue weighted by atomic mass is 16.6. The van der Waals surface area contributed by atoms with Gasteiger partial charge < -0.3 is 4.74 Å². The number of nitrogens with zero attached hydrogens (tertiary/aromatic N) is 1. The number of aryl methyl sites for hydroxylation is 1. The maximum Gasteiger partial charge on any atom is 0.304 e. The number of esters is 1. The summed E-state index contributed by atoms with van der Waals surface area (Å²) in [5, 5.41) is 0. The van der Waals surface area contributed by atoms with Crippen molar-refractivity contribution in [1.82, 2.24) is 4.57 Å². The van der Waals surface area contributed by atoms with Crippen LogP contribution in [-0.2, 0) is 9.53 Å². The maximum atomic E-state index is 11.6. The zero-order chi connectivity index (χ0) is 10.7. The van der Waals surface area contributed by atoms with Crippen molar-refractivity contribution in [3.05, 3.63) is 34.2 Å². The van der Waals surface area contributed by atoms with Crippen LogP contribution in [0.3, 0.4) is 0 Å². The van der Waals surface area contributed by atoms with Gasteiger partial charge in [-0.3, -0.25) is 14.2 Å². The molecule has 0 N–H and O–H groups in total. The molecule has 1 aromatic rings. The van der Waals surface area contributed by atoms with Gasteiger partial charge in [-0.25, -0.2) is 0 Å². The van der Waals surface area contributed by atoms with Crippen molar-refractivity contribution in [2.24, 2.45) is 0 Å². The number of rotatable bonds is 2. The molecule has 1 heterocycles. The zero-order valence-corrected chi connectivity index (χ0v) is 8.48. The van der Waals surface area contributed by atoms with Gasteiger partial charge >= 0.3 is 5.97 Å². The van der Waals surface area contributed by atoms with Crippen LogP contribution in [0.25, 0.3) is 0 Å². The largest absolute Gasteiger partial charge is 0.442 e. The van der Waals surface area contributed by atoms with Crippen LogP contribution in [0.15, 0.2) is 23.1 Å². The molecule has 1 aromatic heterocycles. The molecule has 76 valence electrons. The van der Waals surface area contributed by atoms with Crippen molar-refractivity contribution in [3.8, 4) is 0 Å². The van der Waals surface area contributed by atoms with Crippen LogP contribution in [0, 0.1) is 6.92 Å². The Bertz CT molecular complexity index is 395. The number of hydrogen-bond donors (Lipinski definition) is 0. The van der Waals surface area contributed by atoms with Crippen molar-refractivity contribution >= 4 is 5.97 Å². The van der Waals surface area contributed by atoms with Gasteiger partial charge in [-0.05, 0) is 19.9 Å². The first-order valence-electron chi connectivity index (χ1n) is 4.37. The molecule has 1 atom stereocenters. The molecule has 0 aliphatic carbocycles. The standard InChI is InChI=1S/C10H13NO3/c1-7-5-4-6-11(10(7)13)8(2)14-9(3)12/h4-6,8H,1-3H3.